The smallest absolute Gasteiger partial charge is 0.213 e. The maximum atomic E-state index is 10.9. The highest BCUT2D eigenvalue weighted by atomic mass is 32.2. The summed E-state index contributed by atoms with van der Waals surface area (Å²) in [5.74, 6) is 0.685. The van der Waals surface area contributed by atoms with Gasteiger partial charge in [0.2, 0.25) is 10.0 Å². The van der Waals surface area contributed by atoms with Crippen LogP contribution >= 0.6 is 0 Å². The summed E-state index contributed by atoms with van der Waals surface area (Å²) in [5.41, 5.74) is 1.75. The van der Waals surface area contributed by atoms with Crippen molar-refractivity contribution in [2.24, 2.45) is 11.1 Å². The van der Waals surface area contributed by atoms with Gasteiger partial charge in [0.25, 0.3) is 0 Å². The molecule has 1 unspecified atom stereocenters. The van der Waals surface area contributed by atoms with Crippen molar-refractivity contribution in [1.29, 1.82) is 0 Å². The maximum Gasteiger partial charge on any atom is 0.213 e. The molecule has 0 amide bonds. The number of anilines is 1. The van der Waals surface area contributed by atoms with E-state index in [4.69, 9.17) is 5.14 Å². The number of rotatable bonds is 5. The Balaban J connectivity index is 1.97. The fourth-order valence-corrected chi connectivity index (χ4v) is 2.56. The summed E-state index contributed by atoms with van der Waals surface area (Å²) in [4.78, 5) is 0. The van der Waals surface area contributed by atoms with E-state index in [0.717, 1.165) is 17.2 Å². The molecule has 5 heteroatoms. The standard InChI is InChI=1S/C12H18N2O2S/c1-9(11-4-5-11)14-12-6-2-10(3-7-12)8-17(13,15)16/h2-3,6-7,9,11,14H,4-5,8H2,1H3,(H2,13,15,16). The summed E-state index contributed by atoms with van der Waals surface area (Å²) < 4.78 is 21.8. The Kier molecular flexibility index (Phi) is 3.40. The first-order valence-corrected chi connectivity index (χ1v) is 7.51. The summed E-state index contributed by atoms with van der Waals surface area (Å²) in [5, 5.41) is 8.40. The van der Waals surface area contributed by atoms with E-state index in [1.807, 2.05) is 12.1 Å². The Morgan fingerprint density at radius 2 is 1.94 bits per heavy atom. The number of benzene rings is 1. The SMILES string of the molecule is CC(Nc1ccc(CS(N)(=O)=O)cc1)C1CC1. The summed E-state index contributed by atoms with van der Waals surface area (Å²) in [6.45, 7) is 2.18. The fraction of sp³-hybridized carbons (Fsp3) is 0.500. The molecule has 3 N–H and O–H groups in total. The molecule has 1 aliphatic rings. The van der Waals surface area contributed by atoms with Gasteiger partial charge >= 0.3 is 0 Å². The van der Waals surface area contributed by atoms with Crippen LogP contribution in [0.1, 0.15) is 25.3 Å². The quantitative estimate of drug-likeness (QED) is 0.839. The molecule has 0 aliphatic heterocycles. The van der Waals surface area contributed by atoms with Crippen LogP contribution in [-0.2, 0) is 15.8 Å². The van der Waals surface area contributed by atoms with Crippen LogP contribution in [0.4, 0.5) is 5.69 Å². The maximum absolute atomic E-state index is 10.9. The Hall–Kier alpha value is -1.07. The van der Waals surface area contributed by atoms with Crippen LogP contribution in [0.3, 0.4) is 0 Å². The molecule has 0 bridgehead atoms. The summed E-state index contributed by atoms with van der Waals surface area (Å²) in [7, 11) is -3.44. The molecule has 0 heterocycles. The zero-order valence-electron chi connectivity index (χ0n) is 9.89. The number of hydrogen-bond acceptors (Lipinski definition) is 3. The largest absolute Gasteiger partial charge is 0.382 e. The first-order chi connectivity index (χ1) is 7.94. The lowest BCUT2D eigenvalue weighted by Crippen LogP contribution is -2.17. The van der Waals surface area contributed by atoms with Gasteiger partial charge in [0.15, 0.2) is 0 Å². The normalized spacial score (nSPS) is 17.8. The van der Waals surface area contributed by atoms with Gasteiger partial charge in [-0.25, -0.2) is 13.6 Å². The van der Waals surface area contributed by atoms with E-state index in [1.54, 1.807) is 12.1 Å². The number of primary sulfonamides is 1. The molecule has 2 rings (SSSR count). The van der Waals surface area contributed by atoms with Gasteiger partial charge in [-0.1, -0.05) is 12.1 Å². The van der Waals surface area contributed by atoms with Crippen molar-refractivity contribution in [2.75, 3.05) is 5.32 Å². The van der Waals surface area contributed by atoms with Gasteiger partial charge in [0.1, 0.15) is 0 Å². The summed E-state index contributed by atoms with van der Waals surface area (Å²) >= 11 is 0. The minimum Gasteiger partial charge on any atom is -0.382 e. The van der Waals surface area contributed by atoms with Crippen molar-refractivity contribution >= 4 is 15.7 Å². The van der Waals surface area contributed by atoms with Crippen LogP contribution in [0.25, 0.3) is 0 Å². The van der Waals surface area contributed by atoms with Gasteiger partial charge < -0.3 is 5.32 Å². The average molecular weight is 254 g/mol. The van der Waals surface area contributed by atoms with Crippen LogP contribution < -0.4 is 10.5 Å². The van der Waals surface area contributed by atoms with Crippen molar-refractivity contribution in [3.8, 4) is 0 Å². The molecular formula is C12H18N2O2S. The lowest BCUT2D eigenvalue weighted by atomic mass is 10.2. The highest BCUT2D eigenvalue weighted by Gasteiger charge is 2.27. The molecule has 1 fully saturated rings. The van der Waals surface area contributed by atoms with Crippen LogP contribution in [0.15, 0.2) is 24.3 Å². The average Bonchev–Trinajstić information content (AvgIpc) is 3.02. The second kappa shape index (κ2) is 4.66. The van der Waals surface area contributed by atoms with Crippen LogP contribution in [0.2, 0.25) is 0 Å². The van der Waals surface area contributed by atoms with Crippen molar-refractivity contribution in [3.05, 3.63) is 29.8 Å². The van der Waals surface area contributed by atoms with E-state index < -0.39 is 10.0 Å². The van der Waals surface area contributed by atoms with Crippen LogP contribution in [0, 0.1) is 5.92 Å². The minimum absolute atomic E-state index is 0.106. The number of hydrogen-bond donors (Lipinski definition) is 2. The van der Waals surface area contributed by atoms with Crippen molar-refractivity contribution in [3.63, 3.8) is 0 Å². The third-order valence-electron chi connectivity index (χ3n) is 3.05. The first kappa shape index (κ1) is 12.4. The molecular weight excluding hydrogens is 236 g/mol. The van der Waals surface area contributed by atoms with E-state index >= 15 is 0 Å². The van der Waals surface area contributed by atoms with Gasteiger partial charge in [-0.05, 0) is 43.4 Å². The topological polar surface area (TPSA) is 72.2 Å². The van der Waals surface area contributed by atoms with E-state index in [2.05, 4.69) is 12.2 Å². The molecule has 0 saturated heterocycles. The predicted molar refractivity (Wildman–Crippen MR) is 69.1 cm³/mol. The molecule has 17 heavy (non-hydrogen) atoms. The van der Waals surface area contributed by atoms with Gasteiger partial charge in [0, 0.05) is 11.7 Å². The van der Waals surface area contributed by atoms with Gasteiger partial charge in [-0.3, -0.25) is 0 Å². The van der Waals surface area contributed by atoms with Gasteiger partial charge in [0.05, 0.1) is 5.75 Å². The minimum atomic E-state index is -3.44. The molecule has 4 nitrogen and oxygen atoms in total. The van der Waals surface area contributed by atoms with Crippen molar-refractivity contribution in [2.45, 2.75) is 31.6 Å². The van der Waals surface area contributed by atoms with Crippen molar-refractivity contribution in [1.82, 2.24) is 0 Å². The second-order valence-electron chi connectivity index (χ2n) is 4.77. The highest BCUT2D eigenvalue weighted by molar-refractivity contribution is 7.88. The van der Waals surface area contributed by atoms with Gasteiger partial charge in [-0.15, -0.1) is 0 Å². The van der Waals surface area contributed by atoms with E-state index in [1.165, 1.54) is 12.8 Å². The molecule has 0 radical (unpaired) electrons. The highest BCUT2D eigenvalue weighted by Crippen LogP contribution is 2.33. The first-order valence-electron chi connectivity index (χ1n) is 5.80. The third kappa shape index (κ3) is 4.02. The fourth-order valence-electron chi connectivity index (χ4n) is 1.91. The van der Waals surface area contributed by atoms with E-state index in [9.17, 15) is 8.42 Å². The third-order valence-corrected chi connectivity index (χ3v) is 3.78. The Morgan fingerprint density at radius 3 is 2.41 bits per heavy atom. The van der Waals surface area contributed by atoms with Crippen molar-refractivity contribution < 1.29 is 8.42 Å². The number of nitrogens with two attached hydrogens (primary N) is 1. The Labute approximate surface area is 102 Å². The van der Waals surface area contributed by atoms with Crippen LogP contribution in [-0.4, -0.2) is 14.5 Å². The van der Waals surface area contributed by atoms with Crippen LogP contribution in [0.5, 0.6) is 0 Å². The predicted octanol–water partition coefficient (Wildman–Crippen LogP) is 1.69. The molecule has 1 aromatic rings. The lowest BCUT2D eigenvalue weighted by molar-refractivity contribution is 0.597. The molecule has 0 aromatic heterocycles. The molecule has 1 atom stereocenters. The van der Waals surface area contributed by atoms with Gasteiger partial charge in [-0.2, -0.15) is 0 Å². The lowest BCUT2D eigenvalue weighted by Gasteiger charge is -2.14. The summed E-state index contributed by atoms with van der Waals surface area (Å²) in [6.07, 6.45) is 2.61. The zero-order valence-corrected chi connectivity index (χ0v) is 10.7. The Bertz CT molecular complexity index is 478. The molecule has 94 valence electrons. The van der Waals surface area contributed by atoms with E-state index in [-0.39, 0.29) is 5.75 Å². The molecule has 0 spiro atoms. The Morgan fingerprint density at radius 1 is 1.35 bits per heavy atom. The second-order valence-corrected chi connectivity index (χ2v) is 6.39. The zero-order chi connectivity index (χ0) is 12.5. The number of sulfonamides is 1. The summed E-state index contributed by atoms with van der Waals surface area (Å²) in [6, 6.07) is 7.89. The number of nitrogens with one attached hydrogen (secondary N) is 1. The molecule has 1 aliphatic carbocycles. The molecule has 1 saturated carbocycles. The molecule has 1 aromatic carbocycles. The monoisotopic (exact) mass is 254 g/mol. The van der Waals surface area contributed by atoms with E-state index in [0.29, 0.717) is 6.04 Å².